The number of nitrogens with zero attached hydrogens (tertiary/aromatic N) is 1. The van der Waals surface area contributed by atoms with Crippen LogP contribution in [0.1, 0.15) is 63.9 Å². The van der Waals surface area contributed by atoms with Gasteiger partial charge in [-0.15, -0.1) is 0 Å². The minimum Gasteiger partial charge on any atom is -0.497 e. The molecule has 39 heavy (non-hydrogen) atoms. The summed E-state index contributed by atoms with van der Waals surface area (Å²) in [5.41, 5.74) is 2.45. The maximum absolute atomic E-state index is 13.4. The molecule has 1 aromatic heterocycles. The van der Waals surface area contributed by atoms with Gasteiger partial charge in [0.25, 0.3) is 0 Å². The minimum atomic E-state index is -0.515. The molecule has 1 atom stereocenters. The van der Waals surface area contributed by atoms with Gasteiger partial charge >= 0.3 is 6.09 Å². The zero-order valence-electron chi connectivity index (χ0n) is 23.3. The van der Waals surface area contributed by atoms with Crippen molar-refractivity contribution in [2.75, 3.05) is 13.7 Å². The van der Waals surface area contributed by atoms with Gasteiger partial charge in [0.15, 0.2) is 0 Å². The van der Waals surface area contributed by atoms with Gasteiger partial charge in [0.05, 0.1) is 25.0 Å². The molecule has 0 saturated heterocycles. The van der Waals surface area contributed by atoms with Crippen molar-refractivity contribution in [3.63, 3.8) is 0 Å². The number of carbonyl (C=O) groups excluding carboxylic acids is 2. The van der Waals surface area contributed by atoms with E-state index < -0.39 is 11.7 Å². The molecule has 3 aromatic rings. The number of hydrogen-bond donors (Lipinski definition) is 3. The number of nitrogens with one attached hydrogen (secondary N) is 3. The monoisotopic (exact) mass is 532 g/mol. The third-order valence-corrected chi connectivity index (χ3v) is 7.06. The standard InChI is InChI=1S/C31H40N4O4/c1-31(2,3)39-30(37)33-19-22-13-15-23(16-14-22)29(36)35-26(17-21-9-6-5-7-10-21)28-32-20-27(34-28)24-11-8-12-25(18-24)38-4/h5-12,18,20,22-23,26H,13-17,19H2,1-4H3,(H,32,34)(H,33,37)(H,35,36)/t22?,23?,26-/m0/s1. The highest BCUT2D eigenvalue weighted by Gasteiger charge is 2.29. The summed E-state index contributed by atoms with van der Waals surface area (Å²) >= 11 is 0. The lowest BCUT2D eigenvalue weighted by atomic mass is 9.81. The van der Waals surface area contributed by atoms with Crippen molar-refractivity contribution in [3.05, 3.63) is 72.2 Å². The van der Waals surface area contributed by atoms with Crippen LogP contribution in [0.4, 0.5) is 4.79 Å². The van der Waals surface area contributed by atoms with Crippen LogP contribution in [0.5, 0.6) is 5.75 Å². The fourth-order valence-electron chi connectivity index (χ4n) is 4.98. The van der Waals surface area contributed by atoms with Crippen LogP contribution in [0.2, 0.25) is 0 Å². The lowest BCUT2D eigenvalue weighted by Crippen LogP contribution is -2.39. The molecule has 2 amide bonds. The van der Waals surface area contributed by atoms with Crippen LogP contribution in [0, 0.1) is 11.8 Å². The summed E-state index contributed by atoms with van der Waals surface area (Å²) in [6.07, 6.45) is 5.40. The summed E-state index contributed by atoms with van der Waals surface area (Å²) in [6.45, 7) is 6.12. The number of amides is 2. The first-order valence-corrected chi connectivity index (χ1v) is 13.7. The summed E-state index contributed by atoms with van der Waals surface area (Å²) in [6, 6.07) is 17.6. The summed E-state index contributed by atoms with van der Waals surface area (Å²) in [5, 5.41) is 6.16. The smallest absolute Gasteiger partial charge is 0.407 e. The second kappa shape index (κ2) is 12.8. The van der Waals surface area contributed by atoms with Crippen LogP contribution in [0.25, 0.3) is 11.3 Å². The van der Waals surface area contributed by atoms with Gasteiger partial charge in [0.2, 0.25) is 5.91 Å². The molecule has 1 heterocycles. The molecule has 0 unspecified atom stereocenters. The largest absolute Gasteiger partial charge is 0.497 e. The Balaban J connectivity index is 1.38. The van der Waals surface area contributed by atoms with E-state index in [-0.39, 0.29) is 17.9 Å². The van der Waals surface area contributed by atoms with Gasteiger partial charge in [-0.2, -0.15) is 0 Å². The number of alkyl carbamates (subject to hydrolysis) is 1. The molecule has 1 aliphatic rings. The van der Waals surface area contributed by atoms with Crippen LogP contribution in [0.15, 0.2) is 60.8 Å². The Labute approximate surface area is 230 Å². The van der Waals surface area contributed by atoms with Gasteiger partial charge in [-0.05, 0) is 76.5 Å². The van der Waals surface area contributed by atoms with Crippen molar-refractivity contribution in [1.29, 1.82) is 0 Å². The minimum absolute atomic E-state index is 0.0498. The number of carbonyl (C=O) groups is 2. The molecule has 1 fully saturated rings. The number of ether oxygens (including phenoxy) is 2. The predicted molar refractivity (Wildman–Crippen MR) is 151 cm³/mol. The van der Waals surface area contributed by atoms with Crippen LogP contribution < -0.4 is 15.4 Å². The lowest BCUT2D eigenvalue weighted by Gasteiger charge is -2.29. The molecule has 4 rings (SSSR count). The highest BCUT2D eigenvalue weighted by atomic mass is 16.6. The zero-order valence-corrected chi connectivity index (χ0v) is 23.3. The Kier molecular flexibility index (Phi) is 9.28. The number of H-pyrrole nitrogens is 1. The van der Waals surface area contributed by atoms with E-state index in [1.54, 1.807) is 13.3 Å². The molecule has 208 valence electrons. The molecule has 0 aliphatic heterocycles. The first-order valence-electron chi connectivity index (χ1n) is 13.7. The maximum Gasteiger partial charge on any atom is 0.407 e. The summed E-state index contributed by atoms with van der Waals surface area (Å²) in [4.78, 5) is 33.5. The number of methoxy groups -OCH3 is 1. The van der Waals surface area contributed by atoms with E-state index in [4.69, 9.17) is 9.47 Å². The highest BCUT2D eigenvalue weighted by Crippen LogP contribution is 2.30. The van der Waals surface area contributed by atoms with Gasteiger partial charge in [0.1, 0.15) is 17.2 Å². The van der Waals surface area contributed by atoms with Crippen LogP contribution in [-0.2, 0) is 16.0 Å². The zero-order chi connectivity index (χ0) is 27.8. The van der Waals surface area contributed by atoms with Gasteiger partial charge < -0.3 is 25.1 Å². The topological polar surface area (TPSA) is 105 Å². The van der Waals surface area contributed by atoms with Crippen molar-refractivity contribution in [1.82, 2.24) is 20.6 Å². The van der Waals surface area contributed by atoms with Crippen molar-refractivity contribution >= 4 is 12.0 Å². The number of rotatable bonds is 9. The summed E-state index contributed by atoms with van der Waals surface area (Å²) < 4.78 is 10.7. The highest BCUT2D eigenvalue weighted by molar-refractivity contribution is 5.79. The molecule has 3 N–H and O–H groups in total. The SMILES string of the molecule is COc1cccc(-c2cnc([C@H](Cc3ccccc3)NC(=O)C3CCC(CNC(=O)OC(C)(C)C)CC3)[nH]2)c1. The summed E-state index contributed by atoms with van der Waals surface area (Å²) in [7, 11) is 1.65. The normalized spacial score (nSPS) is 18.2. The number of aromatic nitrogens is 2. The molecule has 8 nitrogen and oxygen atoms in total. The van der Waals surface area contributed by atoms with E-state index in [0.717, 1.165) is 54.1 Å². The molecular formula is C31H40N4O4. The molecule has 1 saturated carbocycles. The first kappa shape index (κ1) is 28.2. The quantitative estimate of drug-likeness (QED) is 0.322. The fourth-order valence-corrected chi connectivity index (χ4v) is 4.98. The first-order chi connectivity index (χ1) is 18.7. The van der Waals surface area contributed by atoms with E-state index in [1.165, 1.54) is 0 Å². The molecule has 0 bridgehead atoms. The average Bonchev–Trinajstić information content (AvgIpc) is 3.42. The van der Waals surface area contributed by atoms with Crippen molar-refractivity contribution in [3.8, 4) is 17.0 Å². The Morgan fingerprint density at radius 2 is 1.79 bits per heavy atom. The summed E-state index contributed by atoms with van der Waals surface area (Å²) in [5.74, 6) is 1.83. The van der Waals surface area contributed by atoms with E-state index >= 15 is 0 Å². The van der Waals surface area contributed by atoms with E-state index in [1.807, 2.05) is 63.2 Å². The number of benzene rings is 2. The van der Waals surface area contributed by atoms with Gasteiger partial charge in [-0.3, -0.25) is 4.79 Å². The second-order valence-corrected chi connectivity index (χ2v) is 11.3. The third-order valence-electron chi connectivity index (χ3n) is 7.06. The van der Waals surface area contributed by atoms with Gasteiger partial charge in [-0.25, -0.2) is 9.78 Å². The van der Waals surface area contributed by atoms with Crippen LogP contribution in [-0.4, -0.2) is 41.2 Å². The molecule has 0 spiro atoms. The Hall–Kier alpha value is -3.81. The Morgan fingerprint density at radius 1 is 1.05 bits per heavy atom. The number of imidazole rings is 1. The molecule has 2 aromatic carbocycles. The van der Waals surface area contributed by atoms with Crippen LogP contribution >= 0.6 is 0 Å². The molecule has 8 heteroatoms. The van der Waals surface area contributed by atoms with E-state index in [0.29, 0.717) is 18.9 Å². The molecule has 1 aliphatic carbocycles. The van der Waals surface area contributed by atoms with E-state index in [2.05, 4.69) is 32.7 Å². The van der Waals surface area contributed by atoms with Crippen molar-refractivity contribution in [2.45, 2.75) is 64.5 Å². The van der Waals surface area contributed by atoms with Crippen LogP contribution in [0.3, 0.4) is 0 Å². The maximum atomic E-state index is 13.4. The Bertz CT molecular complexity index is 1230. The molecule has 0 radical (unpaired) electrons. The molecular weight excluding hydrogens is 492 g/mol. The lowest BCUT2D eigenvalue weighted by molar-refractivity contribution is -0.127. The van der Waals surface area contributed by atoms with Crippen molar-refractivity contribution < 1.29 is 19.1 Å². The van der Waals surface area contributed by atoms with Crippen molar-refractivity contribution in [2.24, 2.45) is 11.8 Å². The number of aromatic amines is 1. The van der Waals surface area contributed by atoms with Gasteiger partial charge in [-0.1, -0.05) is 42.5 Å². The number of hydrogen-bond acceptors (Lipinski definition) is 5. The predicted octanol–water partition coefficient (Wildman–Crippen LogP) is 5.82. The second-order valence-electron chi connectivity index (χ2n) is 11.3. The van der Waals surface area contributed by atoms with Gasteiger partial charge in [0, 0.05) is 18.0 Å². The average molecular weight is 533 g/mol. The third kappa shape index (κ3) is 8.34. The van der Waals surface area contributed by atoms with E-state index in [9.17, 15) is 9.59 Å². The fraction of sp³-hybridized carbons (Fsp3) is 0.452. The Morgan fingerprint density at radius 3 is 2.49 bits per heavy atom.